The molecule has 2 aliphatic rings. The van der Waals surface area contributed by atoms with Crippen LogP contribution in [-0.4, -0.2) is 80.3 Å². The maximum atomic E-state index is 12.4. The second-order valence-electron chi connectivity index (χ2n) is 5.19. The van der Waals surface area contributed by atoms with E-state index in [4.69, 9.17) is 0 Å². The van der Waals surface area contributed by atoms with Crippen molar-refractivity contribution in [2.45, 2.75) is 19.9 Å². The SMILES string of the molecule is CC(C)N1CCN(S(=O)(=O)N2CCNCC2)CC1. The number of nitrogens with one attached hydrogen (secondary N) is 1. The number of hydrogen-bond donors (Lipinski definition) is 1. The van der Waals surface area contributed by atoms with Crippen LogP contribution >= 0.6 is 0 Å². The molecule has 0 spiro atoms. The monoisotopic (exact) mass is 276 g/mol. The molecule has 0 bridgehead atoms. The fourth-order valence-corrected chi connectivity index (χ4v) is 4.08. The Kier molecular flexibility index (Phi) is 4.60. The van der Waals surface area contributed by atoms with Crippen LogP contribution in [0.3, 0.4) is 0 Å². The van der Waals surface area contributed by atoms with Gasteiger partial charge in [0.15, 0.2) is 0 Å². The molecular formula is C11H24N4O2S. The van der Waals surface area contributed by atoms with Crippen molar-refractivity contribution in [1.29, 1.82) is 0 Å². The first-order chi connectivity index (χ1) is 8.51. The molecule has 0 unspecified atom stereocenters. The van der Waals surface area contributed by atoms with Gasteiger partial charge in [0, 0.05) is 58.4 Å². The maximum absolute atomic E-state index is 12.4. The predicted molar refractivity (Wildman–Crippen MR) is 71.6 cm³/mol. The van der Waals surface area contributed by atoms with E-state index in [9.17, 15) is 8.42 Å². The second kappa shape index (κ2) is 5.83. The summed E-state index contributed by atoms with van der Waals surface area (Å²) in [6.07, 6.45) is 0. The zero-order valence-electron chi connectivity index (χ0n) is 11.3. The Bertz CT molecular complexity index is 357. The summed E-state index contributed by atoms with van der Waals surface area (Å²) in [7, 11) is -3.23. The van der Waals surface area contributed by atoms with E-state index in [1.165, 1.54) is 0 Å². The first kappa shape index (κ1) is 14.2. The molecule has 6 nitrogen and oxygen atoms in total. The van der Waals surface area contributed by atoms with Gasteiger partial charge in [-0.3, -0.25) is 4.90 Å². The van der Waals surface area contributed by atoms with Crippen molar-refractivity contribution < 1.29 is 8.42 Å². The van der Waals surface area contributed by atoms with E-state index in [0.717, 1.165) is 26.2 Å². The lowest BCUT2D eigenvalue weighted by atomic mass is 10.3. The zero-order valence-corrected chi connectivity index (χ0v) is 12.1. The Hall–Kier alpha value is -0.210. The highest BCUT2D eigenvalue weighted by Crippen LogP contribution is 2.14. The Morgan fingerprint density at radius 2 is 1.39 bits per heavy atom. The maximum Gasteiger partial charge on any atom is 0.282 e. The van der Waals surface area contributed by atoms with Crippen molar-refractivity contribution >= 4 is 10.2 Å². The van der Waals surface area contributed by atoms with Crippen molar-refractivity contribution in [1.82, 2.24) is 18.8 Å². The van der Waals surface area contributed by atoms with E-state index < -0.39 is 10.2 Å². The van der Waals surface area contributed by atoms with Gasteiger partial charge in [-0.2, -0.15) is 17.0 Å². The fourth-order valence-electron chi connectivity index (χ4n) is 2.49. The first-order valence-corrected chi connectivity index (χ1v) is 8.11. The molecule has 0 aromatic heterocycles. The van der Waals surface area contributed by atoms with E-state index in [2.05, 4.69) is 24.1 Å². The fraction of sp³-hybridized carbons (Fsp3) is 1.00. The molecule has 0 aliphatic carbocycles. The van der Waals surface area contributed by atoms with Crippen molar-refractivity contribution in [2.24, 2.45) is 0 Å². The van der Waals surface area contributed by atoms with Crippen LogP contribution in [0.1, 0.15) is 13.8 Å². The van der Waals surface area contributed by atoms with Crippen LogP contribution in [-0.2, 0) is 10.2 Å². The number of piperazine rings is 2. The standard InChI is InChI=1S/C11H24N4O2S/c1-11(2)13-7-9-15(10-8-13)18(16,17)14-5-3-12-4-6-14/h11-12H,3-10H2,1-2H3. The van der Waals surface area contributed by atoms with Gasteiger partial charge in [0.2, 0.25) is 0 Å². The van der Waals surface area contributed by atoms with Gasteiger partial charge in [-0.05, 0) is 13.8 Å². The Labute approximate surface area is 110 Å². The minimum absolute atomic E-state index is 0.494. The summed E-state index contributed by atoms with van der Waals surface area (Å²) in [6, 6.07) is 0.494. The molecule has 0 radical (unpaired) electrons. The molecule has 7 heteroatoms. The van der Waals surface area contributed by atoms with Crippen molar-refractivity contribution in [3.8, 4) is 0 Å². The number of nitrogens with zero attached hydrogens (tertiary/aromatic N) is 3. The molecule has 0 saturated carbocycles. The summed E-state index contributed by atoms with van der Waals surface area (Å²) >= 11 is 0. The Morgan fingerprint density at radius 1 is 0.889 bits per heavy atom. The van der Waals surface area contributed by atoms with Gasteiger partial charge in [-0.1, -0.05) is 0 Å². The second-order valence-corrected chi connectivity index (χ2v) is 7.11. The van der Waals surface area contributed by atoms with Crippen LogP contribution in [0.2, 0.25) is 0 Å². The highest BCUT2D eigenvalue weighted by molar-refractivity contribution is 7.86. The van der Waals surface area contributed by atoms with Crippen molar-refractivity contribution in [3.63, 3.8) is 0 Å². The zero-order chi connectivity index (χ0) is 13.2. The number of hydrogen-bond acceptors (Lipinski definition) is 4. The molecule has 106 valence electrons. The highest BCUT2D eigenvalue weighted by atomic mass is 32.2. The third-order valence-corrected chi connectivity index (χ3v) is 5.77. The topological polar surface area (TPSA) is 55.9 Å². The largest absolute Gasteiger partial charge is 0.314 e. The molecule has 2 fully saturated rings. The Morgan fingerprint density at radius 3 is 1.89 bits per heavy atom. The quantitative estimate of drug-likeness (QED) is 0.730. The third-order valence-electron chi connectivity index (χ3n) is 3.73. The average Bonchev–Trinajstić information content (AvgIpc) is 2.40. The number of rotatable bonds is 3. The molecule has 2 rings (SSSR count). The summed E-state index contributed by atoms with van der Waals surface area (Å²) in [6.45, 7) is 9.90. The third kappa shape index (κ3) is 3.03. The van der Waals surface area contributed by atoms with Crippen molar-refractivity contribution in [2.75, 3.05) is 52.4 Å². The summed E-state index contributed by atoms with van der Waals surface area (Å²) in [5.41, 5.74) is 0. The van der Waals surface area contributed by atoms with E-state index in [1.807, 2.05) is 0 Å². The summed E-state index contributed by atoms with van der Waals surface area (Å²) in [4.78, 5) is 2.32. The summed E-state index contributed by atoms with van der Waals surface area (Å²) in [5.74, 6) is 0. The van der Waals surface area contributed by atoms with E-state index in [-0.39, 0.29) is 0 Å². The lowest BCUT2D eigenvalue weighted by molar-refractivity contribution is 0.148. The van der Waals surface area contributed by atoms with Crippen LogP contribution in [0.5, 0.6) is 0 Å². The summed E-state index contributed by atoms with van der Waals surface area (Å²) < 4.78 is 28.1. The molecule has 2 saturated heterocycles. The van der Waals surface area contributed by atoms with Crippen LogP contribution in [0, 0.1) is 0 Å². The highest BCUT2D eigenvalue weighted by Gasteiger charge is 2.33. The molecule has 0 aromatic rings. The minimum atomic E-state index is -3.23. The van der Waals surface area contributed by atoms with Gasteiger partial charge in [0.25, 0.3) is 10.2 Å². The van der Waals surface area contributed by atoms with Gasteiger partial charge < -0.3 is 5.32 Å². The van der Waals surface area contributed by atoms with Gasteiger partial charge in [0.1, 0.15) is 0 Å². The molecule has 18 heavy (non-hydrogen) atoms. The molecule has 0 amide bonds. The predicted octanol–water partition coefficient (Wildman–Crippen LogP) is -0.838. The molecule has 0 atom stereocenters. The summed E-state index contributed by atoms with van der Waals surface area (Å²) in [5, 5.41) is 3.18. The smallest absolute Gasteiger partial charge is 0.282 e. The van der Waals surface area contributed by atoms with E-state index in [1.54, 1.807) is 8.61 Å². The van der Waals surface area contributed by atoms with Crippen LogP contribution < -0.4 is 5.32 Å². The van der Waals surface area contributed by atoms with Gasteiger partial charge in [0.05, 0.1) is 0 Å². The van der Waals surface area contributed by atoms with Gasteiger partial charge in [-0.25, -0.2) is 0 Å². The molecule has 2 heterocycles. The van der Waals surface area contributed by atoms with Gasteiger partial charge >= 0.3 is 0 Å². The molecule has 0 aromatic carbocycles. The minimum Gasteiger partial charge on any atom is -0.314 e. The van der Waals surface area contributed by atoms with E-state index in [0.29, 0.717) is 32.2 Å². The van der Waals surface area contributed by atoms with Crippen molar-refractivity contribution in [3.05, 3.63) is 0 Å². The van der Waals surface area contributed by atoms with E-state index >= 15 is 0 Å². The lowest BCUT2D eigenvalue weighted by Gasteiger charge is -2.39. The average molecular weight is 276 g/mol. The van der Waals surface area contributed by atoms with Crippen LogP contribution in [0.15, 0.2) is 0 Å². The van der Waals surface area contributed by atoms with Gasteiger partial charge in [-0.15, -0.1) is 0 Å². The molecule has 1 N–H and O–H groups in total. The normalized spacial score (nSPS) is 25.7. The van der Waals surface area contributed by atoms with Crippen LogP contribution in [0.4, 0.5) is 0 Å². The Balaban J connectivity index is 1.95. The lowest BCUT2D eigenvalue weighted by Crippen LogP contribution is -2.57. The first-order valence-electron chi connectivity index (χ1n) is 6.72. The van der Waals surface area contributed by atoms with Crippen LogP contribution in [0.25, 0.3) is 0 Å². The molecular weight excluding hydrogens is 252 g/mol. The molecule has 2 aliphatic heterocycles.